The molecule has 0 spiro atoms. The second-order valence-corrected chi connectivity index (χ2v) is 4.60. The standard InChI is InChI=1S/C12H11BrF2N4/c1-2-16-10-5-11(18-6-17-10)19-12-8(14)3-7(13)4-9(12)15/h3-6H,2H2,1H3,(H2,16,17,18,19). The molecule has 0 bridgehead atoms. The van der Waals surface area contributed by atoms with Crippen LogP contribution in [0.25, 0.3) is 0 Å². The Labute approximate surface area is 117 Å². The van der Waals surface area contributed by atoms with Gasteiger partial charge in [-0.25, -0.2) is 18.7 Å². The number of nitrogens with zero attached hydrogens (tertiary/aromatic N) is 2. The molecule has 2 aromatic rings. The highest BCUT2D eigenvalue weighted by atomic mass is 79.9. The van der Waals surface area contributed by atoms with Gasteiger partial charge in [0.2, 0.25) is 0 Å². The van der Waals surface area contributed by atoms with Crippen LogP contribution >= 0.6 is 15.9 Å². The van der Waals surface area contributed by atoms with E-state index in [4.69, 9.17) is 0 Å². The van der Waals surface area contributed by atoms with E-state index in [0.29, 0.717) is 22.7 Å². The first-order valence-corrected chi connectivity index (χ1v) is 6.37. The summed E-state index contributed by atoms with van der Waals surface area (Å²) in [5, 5.41) is 5.59. The SMILES string of the molecule is CCNc1cc(Nc2c(F)cc(Br)cc2F)ncn1. The van der Waals surface area contributed by atoms with Crippen molar-refractivity contribution in [2.45, 2.75) is 6.92 Å². The number of rotatable bonds is 4. The Kier molecular flexibility index (Phi) is 4.26. The molecule has 19 heavy (non-hydrogen) atoms. The van der Waals surface area contributed by atoms with Gasteiger partial charge in [0.1, 0.15) is 23.7 Å². The molecule has 2 rings (SSSR count). The van der Waals surface area contributed by atoms with E-state index in [2.05, 4.69) is 36.5 Å². The lowest BCUT2D eigenvalue weighted by Crippen LogP contribution is -2.03. The van der Waals surface area contributed by atoms with Crippen molar-refractivity contribution in [2.75, 3.05) is 17.2 Å². The van der Waals surface area contributed by atoms with E-state index in [1.165, 1.54) is 18.5 Å². The van der Waals surface area contributed by atoms with Gasteiger partial charge in [-0.3, -0.25) is 0 Å². The summed E-state index contributed by atoms with van der Waals surface area (Å²) in [5.74, 6) is -0.505. The molecule has 0 saturated heterocycles. The number of hydrogen-bond donors (Lipinski definition) is 2. The maximum atomic E-state index is 13.7. The fourth-order valence-corrected chi connectivity index (χ4v) is 1.90. The molecule has 1 heterocycles. The molecule has 0 aliphatic rings. The second kappa shape index (κ2) is 5.92. The van der Waals surface area contributed by atoms with Crippen molar-refractivity contribution >= 4 is 33.3 Å². The van der Waals surface area contributed by atoms with Gasteiger partial charge in [-0.1, -0.05) is 15.9 Å². The third-order valence-corrected chi connectivity index (χ3v) is 2.74. The highest BCUT2D eigenvalue weighted by Crippen LogP contribution is 2.26. The van der Waals surface area contributed by atoms with E-state index in [1.807, 2.05) is 6.92 Å². The van der Waals surface area contributed by atoms with E-state index in [0.717, 1.165) is 0 Å². The van der Waals surface area contributed by atoms with Crippen LogP contribution in [0.5, 0.6) is 0 Å². The highest BCUT2D eigenvalue weighted by molar-refractivity contribution is 9.10. The Morgan fingerprint density at radius 3 is 2.37 bits per heavy atom. The van der Waals surface area contributed by atoms with Crippen molar-refractivity contribution < 1.29 is 8.78 Å². The minimum Gasteiger partial charge on any atom is -0.370 e. The molecule has 0 unspecified atom stereocenters. The van der Waals surface area contributed by atoms with Gasteiger partial charge in [-0.05, 0) is 19.1 Å². The zero-order chi connectivity index (χ0) is 13.8. The lowest BCUT2D eigenvalue weighted by atomic mass is 10.3. The fourth-order valence-electron chi connectivity index (χ4n) is 1.49. The largest absolute Gasteiger partial charge is 0.370 e. The van der Waals surface area contributed by atoms with Gasteiger partial charge in [-0.2, -0.15) is 0 Å². The predicted molar refractivity (Wildman–Crippen MR) is 73.5 cm³/mol. The van der Waals surface area contributed by atoms with Crippen molar-refractivity contribution in [2.24, 2.45) is 0 Å². The minimum absolute atomic E-state index is 0.246. The van der Waals surface area contributed by atoms with Crippen LogP contribution in [0, 0.1) is 11.6 Å². The quantitative estimate of drug-likeness (QED) is 0.898. The molecule has 0 aliphatic carbocycles. The van der Waals surface area contributed by atoms with Gasteiger partial charge >= 0.3 is 0 Å². The van der Waals surface area contributed by atoms with Crippen molar-refractivity contribution in [1.29, 1.82) is 0 Å². The summed E-state index contributed by atoms with van der Waals surface area (Å²) in [5.41, 5.74) is -0.246. The molecule has 0 amide bonds. The molecule has 100 valence electrons. The molecular formula is C12H11BrF2N4. The monoisotopic (exact) mass is 328 g/mol. The van der Waals surface area contributed by atoms with Gasteiger partial charge in [0.25, 0.3) is 0 Å². The summed E-state index contributed by atoms with van der Waals surface area (Å²) in [7, 11) is 0. The molecule has 4 nitrogen and oxygen atoms in total. The summed E-state index contributed by atoms with van der Waals surface area (Å²) in [4.78, 5) is 7.89. The Morgan fingerprint density at radius 1 is 1.11 bits per heavy atom. The summed E-state index contributed by atoms with van der Waals surface area (Å²) in [6, 6.07) is 3.93. The Bertz CT molecular complexity index is 569. The molecule has 2 N–H and O–H groups in total. The minimum atomic E-state index is -0.699. The van der Waals surface area contributed by atoms with Crippen molar-refractivity contribution in [3.8, 4) is 0 Å². The number of aromatic nitrogens is 2. The fraction of sp³-hybridized carbons (Fsp3) is 0.167. The number of hydrogen-bond acceptors (Lipinski definition) is 4. The number of nitrogens with one attached hydrogen (secondary N) is 2. The Balaban J connectivity index is 2.28. The van der Waals surface area contributed by atoms with Crippen LogP contribution < -0.4 is 10.6 Å². The molecular weight excluding hydrogens is 318 g/mol. The average molecular weight is 329 g/mol. The first kappa shape index (κ1) is 13.7. The zero-order valence-corrected chi connectivity index (χ0v) is 11.6. The van der Waals surface area contributed by atoms with E-state index < -0.39 is 11.6 Å². The summed E-state index contributed by atoms with van der Waals surface area (Å²) >= 11 is 3.02. The molecule has 0 radical (unpaired) electrons. The molecule has 1 aromatic carbocycles. The molecule has 0 aliphatic heterocycles. The maximum Gasteiger partial charge on any atom is 0.150 e. The highest BCUT2D eigenvalue weighted by Gasteiger charge is 2.11. The van der Waals surface area contributed by atoms with Gasteiger partial charge in [-0.15, -0.1) is 0 Å². The molecule has 0 saturated carbocycles. The van der Waals surface area contributed by atoms with E-state index in [9.17, 15) is 8.78 Å². The second-order valence-electron chi connectivity index (χ2n) is 3.69. The van der Waals surface area contributed by atoms with Crippen molar-refractivity contribution in [3.05, 3.63) is 40.6 Å². The van der Waals surface area contributed by atoms with Gasteiger partial charge in [0, 0.05) is 17.1 Å². The van der Waals surface area contributed by atoms with E-state index in [1.54, 1.807) is 6.07 Å². The zero-order valence-electron chi connectivity index (χ0n) is 10.0. The van der Waals surface area contributed by atoms with Crippen LogP contribution in [0.15, 0.2) is 29.0 Å². The maximum absolute atomic E-state index is 13.7. The molecule has 0 fully saturated rings. The van der Waals surface area contributed by atoms with Crippen LogP contribution in [0.3, 0.4) is 0 Å². The normalized spacial score (nSPS) is 10.3. The Morgan fingerprint density at radius 2 is 1.74 bits per heavy atom. The van der Waals surface area contributed by atoms with E-state index >= 15 is 0 Å². The van der Waals surface area contributed by atoms with Crippen LogP contribution in [-0.4, -0.2) is 16.5 Å². The number of halogens is 3. The third kappa shape index (κ3) is 3.37. The topological polar surface area (TPSA) is 49.8 Å². The van der Waals surface area contributed by atoms with Crippen molar-refractivity contribution in [1.82, 2.24) is 9.97 Å². The molecule has 7 heteroatoms. The summed E-state index contributed by atoms with van der Waals surface area (Å²) in [6.45, 7) is 2.61. The van der Waals surface area contributed by atoms with Crippen LogP contribution in [0.4, 0.5) is 26.1 Å². The molecule has 0 atom stereocenters. The van der Waals surface area contributed by atoms with Gasteiger partial charge in [0.05, 0.1) is 0 Å². The average Bonchev–Trinajstić information content (AvgIpc) is 2.35. The van der Waals surface area contributed by atoms with Gasteiger partial charge in [0.15, 0.2) is 11.6 Å². The lowest BCUT2D eigenvalue weighted by Gasteiger charge is -2.09. The summed E-state index contributed by atoms with van der Waals surface area (Å²) in [6.07, 6.45) is 1.31. The third-order valence-electron chi connectivity index (χ3n) is 2.28. The first-order valence-electron chi connectivity index (χ1n) is 5.57. The first-order chi connectivity index (χ1) is 9.10. The van der Waals surface area contributed by atoms with Crippen molar-refractivity contribution in [3.63, 3.8) is 0 Å². The molecule has 1 aromatic heterocycles. The Hall–Kier alpha value is -1.76. The van der Waals surface area contributed by atoms with E-state index in [-0.39, 0.29) is 5.69 Å². The van der Waals surface area contributed by atoms with Crippen LogP contribution in [0.1, 0.15) is 6.92 Å². The van der Waals surface area contributed by atoms with Crippen LogP contribution in [-0.2, 0) is 0 Å². The smallest absolute Gasteiger partial charge is 0.150 e. The number of benzene rings is 1. The lowest BCUT2D eigenvalue weighted by molar-refractivity contribution is 0.589. The number of anilines is 3. The van der Waals surface area contributed by atoms with Crippen LogP contribution in [0.2, 0.25) is 0 Å². The predicted octanol–water partition coefficient (Wildman–Crippen LogP) is 3.69. The summed E-state index contributed by atoms with van der Waals surface area (Å²) < 4.78 is 27.6. The van der Waals surface area contributed by atoms with Gasteiger partial charge < -0.3 is 10.6 Å².